The molecule has 1 fully saturated rings. The number of anilines is 2. The maximum absolute atomic E-state index is 14.1. The number of carbonyl (C=O) groups excluding carboxylic acids is 2. The number of benzene rings is 1. The maximum atomic E-state index is 14.1. The average Bonchev–Trinajstić information content (AvgIpc) is 3.36. The molecule has 1 atom stereocenters. The Balaban J connectivity index is 2.27. The second-order valence-corrected chi connectivity index (χ2v) is 5.90. The van der Waals surface area contributed by atoms with E-state index in [1.54, 1.807) is 0 Å². The first-order chi connectivity index (χ1) is 12.2. The summed E-state index contributed by atoms with van der Waals surface area (Å²) in [5.74, 6) is 1.68. The maximum Gasteiger partial charge on any atom is 0.433 e. The number of rotatable bonds is 1. The summed E-state index contributed by atoms with van der Waals surface area (Å²) in [4.78, 5) is 25.0. The number of nitrogens with one attached hydrogen (secondary N) is 1. The molecule has 9 heteroatoms. The lowest BCUT2D eigenvalue weighted by molar-refractivity contribution is -0.175. The minimum Gasteiger partial charge on any atom is -0.449 e. The van der Waals surface area contributed by atoms with Gasteiger partial charge in [0.2, 0.25) is 0 Å². The van der Waals surface area contributed by atoms with Crippen LogP contribution in [0.15, 0.2) is 18.2 Å². The SMILES string of the molecule is CCOC(=O)N1c2cc(F)ccc2NC(=O)[C@]1(C#CC1CC1)C(F)(F)F. The van der Waals surface area contributed by atoms with E-state index >= 15 is 0 Å². The van der Waals surface area contributed by atoms with Crippen molar-refractivity contribution in [2.45, 2.75) is 31.5 Å². The zero-order valence-electron chi connectivity index (χ0n) is 13.6. The first kappa shape index (κ1) is 18.0. The molecule has 1 heterocycles. The molecule has 1 N–H and O–H groups in total. The van der Waals surface area contributed by atoms with Crippen LogP contribution in [0.5, 0.6) is 0 Å². The number of amides is 2. The molecule has 3 rings (SSSR count). The van der Waals surface area contributed by atoms with Crippen LogP contribution < -0.4 is 10.2 Å². The van der Waals surface area contributed by atoms with Crippen molar-refractivity contribution in [1.82, 2.24) is 0 Å². The van der Waals surface area contributed by atoms with E-state index in [-0.39, 0.29) is 23.1 Å². The van der Waals surface area contributed by atoms with Gasteiger partial charge in [-0.15, -0.1) is 0 Å². The number of hydrogen-bond acceptors (Lipinski definition) is 3. The van der Waals surface area contributed by atoms with Crippen LogP contribution in [0, 0.1) is 23.6 Å². The van der Waals surface area contributed by atoms with E-state index in [0.29, 0.717) is 12.8 Å². The van der Waals surface area contributed by atoms with Gasteiger partial charge in [0.05, 0.1) is 18.0 Å². The Bertz CT molecular complexity index is 824. The smallest absolute Gasteiger partial charge is 0.433 e. The standard InChI is InChI=1S/C17H14F4N2O3/c1-2-26-15(25)23-13-9-11(18)5-6-12(13)22-14(24)16(23,17(19,20)21)8-7-10-3-4-10/h5-6,9-10H,2-4H2,1H3,(H,22,24)/t16-/m1/s1. The molecule has 0 radical (unpaired) electrons. The van der Waals surface area contributed by atoms with Crippen LogP contribution in [0.3, 0.4) is 0 Å². The van der Waals surface area contributed by atoms with Crippen molar-refractivity contribution in [3.8, 4) is 11.8 Å². The molecule has 5 nitrogen and oxygen atoms in total. The molecule has 1 saturated carbocycles. The summed E-state index contributed by atoms with van der Waals surface area (Å²) in [6, 6.07) is 2.76. The Morgan fingerprint density at radius 2 is 2.12 bits per heavy atom. The summed E-state index contributed by atoms with van der Waals surface area (Å²) in [5.41, 5.74) is -4.11. The Kier molecular flexibility index (Phi) is 4.30. The molecule has 0 bridgehead atoms. The van der Waals surface area contributed by atoms with Crippen LogP contribution in [-0.4, -0.2) is 30.3 Å². The largest absolute Gasteiger partial charge is 0.449 e. The van der Waals surface area contributed by atoms with Crippen molar-refractivity contribution in [2.75, 3.05) is 16.8 Å². The fourth-order valence-electron chi connectivity index (χ4n) is 2.59. The fourth-order valence-corrected chi connectivity index (χ4v) is 2.59. The van der Waals surface area contributed by atoms with Crippen molar-refractivity contribution in [3.63, 3.8) is 0 Å². The molecule has 2 aliphatic rings. The number of hydrogen-bond donors (Lipinski definition) is 1. The minimum atomic E-state index is -5.24. The summed E-state index contributed by atoms with van der Waals surface area (Å²) < 4.78 is 60.6. The molecule has 138 valence electrons. The van der Waals surface area contributed by atoms with Gasteiger partial charge in [-0.25, -0.2) is 14.1 Å². The van der Waals surface area contributed by atoms with E-state index in [4.69, 9.17) is 4.74 Å². The molecule has 1 aliphatic heterocycles. The lowest BCUT2D eigenvalue weighted by Crippen LogP contribution is -2.69. The van der Waals surface area contributed by atoms with E-state index in [1.165, 1.54) is 6.92 Å². The van der Waals surface area contributed by atoms with E-state index in [1.807, 2.05) is 5.92 Å². The van der Waals surface area contributed by atoms with E-state index in [9.17, 15) is 27.2 Å². The summed E-state index contributed by atoms with van der Waals surface area (Å²) in [5, 5.41) is 2.08. The first-order valence-electron chi connectivity index (χ1n) is 7.88. The summed E-state index contributed by atoms with van der Waals surface area (Å²) in [6.45, 7) is 1.17. The lowest BCUT2D eigenvalue weighted by Gasteiger charge is -2.42. The Morgan fingerprint density at radius 3 is 2.69 bits per heavy atom. The van der Waals surface area contributed by atoms with Crippen LogP contribution in [0.4, 0.5) is 33.7 Å². The molecule has 0 aromatic heterocycles. The van der Waals surface area contributed by atoms with Crippen molar-refractivity contribution in [2.24, 2.45) is 5.92 Å². The predicted molar refractivity (Wildman–Crippen MR) is 83.8 cm³/mol. The molecule has 1 aliphatic carbocycles. The van der Waals surface area contributed by atoms with Gasteiger partial charge in [-0.3, -0.25) is 4.79 Å². The van der Waals surface area contributed by atoms with Crippen LogP contribution in [0.1, 0.15) is 19.8 Å². The second-order valence-electron chi connectivity index (χ2n) is 5.90. The third kappa shape index (κ3) is 2.85. The van der Waals surface area contributed by atoms with Gasteiger partial charge < -0.3 is 10.1 Å². The lowest BCUT2D eigenvalue weighted by atomic mass is 9.91. The molecule has 26 heavy (non-hydrogen) atoms. The summed E-state index contributed by atoms with van der Waals surface area (Å²) >= 11 is 0. The van der Waals surface area contributed by atoms with Gasteiger partial charge in [0.25, 0.3) is 11.4 Å². The third-order valence-electron chi connectivity index (χ3n) is 4.01. The van der Waals surface area contributed by atoms with Crippen LogP contribution in [-0.2, 0) is 9.53 Å². The Labute approximate surface area is 146 Å². The van der Waals surface area contributed by atoms with Gasteiger partial charge in [-0.2, -0.15) is 13.2 Å². The molecule has 1 aromatic carbocycles. The summed E-state index contributed by atoms with van der Waals surface area (Å²) in [7, 11) is 0. The van der Waals surface area contributed by atoms with Crippen LogP contribution >= 0.6 is 0 Å². The predicted octanol–water partition coefficient (Wildman–Crippen LogP) is 3.46. The topological polar surface area (TPSA) is 58.6 Å². The number of fused-ring (bicyclic) bond motifs is 1. The van der Waals surface area contributed by atoms with E-state index in [2.05, 4.69) is 11.2 Å². The van der Waals surface area contributed by atoms with Gasteiger partial charge in [-0.1, -0.05) is 11.8 Å². The van der Waals surface area contributed by atoms with E-state index in [0.717, 1.165) is 18.2 Å². The summed E-state index contributed by atoms with van der Waals surface area (Å²) in [6.07, 6.45) is -5.44. The number of alkyl halides is 3. The van der Waals surface area contributed by atoms with Gasteiger partial charge in [-0.05, 0) is 38.0 Å². The molecule has 0 spiro atoms. The van der Waals surface area contributed by atoms with Gasteiger partial charge in [0.15, 0.2) is 0 Å². The highest BCUT2D eigenvalue weighted by Crippen LogP contribution is 2.46. The van der Waals surface area contributed by atoms with Crippen molar-refractivity contribution < 1.29 is 31.9 Å². The molecular weight excluding hydrogens is 356 g/mol. The van der Waals surface area contributed by atoms with Gasteiger partial charge in [0, 0.05) is 5.92 Å². The highest BCUT2D eigenvalue weighted by atomic mass is 19.4. The van der Waals surface area contributed by atoms with Crippen molar-refractivity contribution >= 4 is 23.4 Å². The molecule has 1 aromatic rings. The highest BCUT2D eigenvalue weighted by molar-refractivity contribution is 6.15. The Hall–Kier alpha value is -2.76. The monoisotopic (exact) mass is 370 g/mol. The zero-order chi connectivity index (χ0) is 19.1. The van der Waals surface area contributed by atoms with Crippen LogP contribution in [0.2, 0.25) is 0 Å². The van der Waals surface area contributed by atoms with E-state index < -0.39 is 35.2 Å². The third-order valence-corrected chi connectivity index (χ3v) is 4.01. The van der Waals surface area contributed by atoms with Gasteiger partial charge in [0.1, 0.15) is 5.82 Å². The minimum absolute atomic E-state index is 0.100. The molecular formula is C17H14F4N2O3. The average molecular weight is 370 g/mol. The number of halogens is 4. The molecule has 2 amide bonds. The highest BCUT2D eigenvalue weighted by Gasteiger charge is 2.68. The fraction of sp³-hybridized carbons (Fsp3) is 0.412. The van der Waals surface area contributed by atoms with Crippen LogP contribution in [0.25, 0.3) is 0 Å². The van der Waals surface area contributed by atoms with Gasteiger partial charge >= 0.3 is 12.3 Å². The Morgan fingerprint density at radius 1 is 1.42 bits per heavy atom. The second kappa shape index (κ2) is 6.20. The number of nitrogens with zero attached hydrogens (tertiary/aromatic N) is 1. The normalized spacial score (nSPS) is 22.0. The molecule has 0 unspecified atom stereocenters. The van der Waals surface area contributed by atoms with Crippen molar-refractivity contribution in [1.29, 1.82) is 0 Å². The quantitative estimate of drug-likeness (QED) is 0.609. The zero-order valence-corrected chi connectivity index (χ0v) is 13.6. The van der Waals surface area contributed by atoms with Crippen molar-refractivity contribution in [3.05, 3.63) is 24.0 Å². The number of carbonyl (C=O) groups is 2. The first-order valence-corrected chi connectivity index (χ1v) is 7.88. The molecule has 0 saturated heterocycles. The number of ether oxygens (including phenoxy) is 1.